The summed E-state index contributed by atoms with van der Waals surface area (Å²) in [6.07, 6.45) is 0. The number of aryl methyl sites for hydroxylation is 1. The second-order valence-electron chi connectivity index (χ2n) is 5.72. The number of thiophene rings is 1. The molecule has 0 radical (unpaired) electrons. The Balaban J connectivity index is 1.53. The summed E-state index contributed by atoms with van der Waals surface area (Å²) in [5.41, 5.74) is 1.59. The molecule has 0 unspecified atom stereocenters. The van der Waals surface area contributed by atoms with Gasteiger partial charge in [0, 0.05) is 6.07 Å². The van der Waals surface area contributed by atoms with E-state index >= 15 is 0 Å². The number of nitrogens with zero attached hydrogens (tertiary/aromatic N) is 2. The van der Waals surface area contributed by atoms with Crippen LogP contribution in [-0.4, -0.2) is 42.0 Å². The summed E-state index contributed by atoms with van der Waals surface area (Å²) >= 11 is 3.82. The first-order valence-corrected chi connectivity index (χ1v) is 11.0. The van der Waals surface area contributed by atoms with Gasteiger partial charge in [-0.3, -0.25) is 14.9 Å². The standard InChI is InChI=1S/C18H18N4O4S3/c1-10-6-14(27-8-10)16(24)20-17-21-22-18(29-17)28-9-15(23)19-12-5-4-11(25-2)7-13(12)26-3/h4-8H,9H2,1-3H3,(H,19,23)(H,20,21,24). The van der Waals surface area contributed by atoms with Gasteiger partial charge in [-0.2, -0.15) is 0 Å². The highest BCUT2D eigenvalue weighted by atomic mass is 32.2. The Morgan fingerprint density at radius 2 is 1.97 bits per heavy atom. The second kappa shape index (κ2) is 9.72. The third kappa shape index (κ3) is 5.68. The Bertz CT molecular complexity index is 1020. The van der Waals surface area contributed by atoms with Gasteiger partial charge in [0.15, 0.2) is 4.34 Å². The second-order valence-corrected chi connectivity index (χ2v) is 8.83. The van der Waals surface area contributed by atoms with Gasteiger partial charge in [0.05, 0.1) is 30.5 Å². The van der Waals surface area contributed by atoms with Crippen LogP contribution >= 0.6 is 34.4 Å². The van der Waals surface area contributed by atoms with Gasteiger partial charge in [0.1, 0.15) is 11.5 Å². The number of benzene rings is 1. The molecule has 0 bridgehead atoms. The summed E-state index contributed by atoms with van der Waals surface area (Å²) in [6.45, 7) is 1.93. The van der Waals surface area contributed by atoms with E-state index in [0.29, 0.717) is 31.5 Å². The molecular formula is C18H18N4O4S3. The number of methoxy groups -OCH3 is 2. The van der Waals surface area contributed by atoms with Crippen LogP contribution in [0, 0.1) is 6.92 Å². The minimum absolute atomic E-state index is 0.141. The van der Waals surface area contributed by atoms with Gasteiger partial charge in [-0.15, -0.1) is 21.5 Å². The molecule has 0 saturated carbocycles. The topological polar surface area (TPSA) is 102 Å². The van der Waals surface area contributed by atoms with Crippen molar-refractivity contribution in [1.29, 1.82) is 0 Å². The van der Waals surface area contributed by atoms with Gasteiger partial charge < -0.3 is 14.8 Å². The number of amides is 2. The van der Waals surface area contributed by atoms with Crippen molar-refractivity contribution < 1.29 is 19.1 Å². The van der Waals surface area contributed by atoms with Gasteiger partial charge in [-0.1, -0.05) is 23.1 Å². The molecule has 0 saturated heterocycles. The lowest BCUT2D eigenvalue weighted by molar-refractivity contribution is -0.113. The van der Waals surface area contributed by atoms with E-state index in [4.69, 9.17) is 9.47 Å². The summed E-state index contributed by atoms with van der Waals surface area (Å²) in [5.74, 6) is 0.846. The van der Waals surface area contributed by atoms with Gasteiger partial charge >= 0.3 is 0 Å². The van der Waals surface area contributed by atoms with E-state index in [1.807, 2.05) is 18.4 Å². The third-order valence-electron chi connectivity index (χ3n) is 3.59. The van der Waals surface area contributed by atoms with Crippen molar-refractivity contribution >= 4 is 57.1 Å². The highest BCUT2D eigenvalue weighted by Gasteiger charge is 2.14. The monoisotopic (exact) mass is 450 g/mol. The molecule has 11 heteroatoms. The van der Waals surface area contributed by atoms with Gasteiger partial charge in [0.2, 0.25) is 11.0 Å². The minimum Gasteiger partial charge on any atom is -0.497 e. The highest BCUT2D eigenvalue weighted by Crippen LogP contribution is 2.30. The first kappa shape index (κ1) is 21.1. The Hall–Kier alpha value is -2.63. The van der Waals surface area contributed by atoms with Gasteiger partial charge in [-0.25, -0.2) is 0 Å². The van der Waals surface area contributed by atoms with E-state index in [1.165, 1.54) is 41.5 Å². The van der Waals surface area contributed by atoms with Crippen LogP contribution in [0.15, 0.2) is 34.0 Å². The molecule has 2 amide bonds. The van der Waals surface area contributed by atoms with Crippen molar-refractivity contribution in [3.8, 4) is 11.5 Å². The Kier molecular flexibility index (Phi) is 7.07. The number of ether oxygens (including phenoxy) is 2. The molecule has 2 heterocycles. The molecular weight excluding hydrogens is 432 g/mol. The molecule has 2 aromatic heterocycles. The Labute approximate surface area is 179 Å². The fraction of sp³-hybridized carbons (Fsp3) is 0.222. The molecule has 8 nitrogen and oxygen atoms in total. The molecule has 0 atom stereocenters. The van der Waals surface area contributed by atoms with Gasteiger partial charge in [-0.05, 0) is 36.1 Å². The SMILES string of the molecule is COc1ccc(NC(=O)CSc2nnc(NC(=O)c3cc(C)cs3)s2)c(OC)c1. The number of rotatable bonds is 8. The zero-order valence-electron chi connectivity index (χ0n) is 15.8. The summed E-state index contributed by atoms with van der Waals surface area (Å²) < 4.78 is 11.0. The molecule has 0 fully saturated rings. The predicted octanol–water partition coefficient (Wildman–Crippen LogP) is 3.91. The number of carbonyl (C=O) groups excluding carboxylic acids is 2. The molecule has 3 rings (SSSR count). The van der Waals surface area contributed by atoms with Crippen LogP contribution in [0.25, 0.3) is 0 Å². The Morgan fingerprint density at radius 1 is 1.14 bits per heavy atom. The van der Waals surface area contributed by atoms with E-state index in [1.54, 1.807) is 25.3 Å². The molecule has 0 spiro atoms. The van der Waals surface area contributed by atoms with Crippen LogP contribution in [0.2, 0.25) is 0 Å². The number of thioether (sulfide) groups is 1. The molecule has 0 aliphatic rings. The molecule has 3 aromatic rings. The number of anilines is 2. The molecule has 29 heavy (non-hydrogen) atoms. The van der Waals surface area contributed by atoms with E-state index < -0.39 is 0 Å². The first-order chi connectivity index (χ1) is 14.0. The van der Waals surface area contributed by atoms with Crippen molar-refractivity contribution in [2.24, 2.45) is 0 Å². The lowest BCUT2D eigenvalue weighted by Gasteiger charge is -2.11. The van der Waals surface area contributed by atoms with Crippen LogP contribution < -0.4 is 20.1 Å². The number of aromatic nitrogens is 2. The lowest BCUT2D eigenvalue weighted by atomic mass is 10.2. The van der Waals surface area contributed by atoms with Crippen LogP contribution in [0.5, 0.6) is 11.5 Å². The average molecular weight is 451 g/mol. The third-order valence-corrected chi connectivity index (χ3v) is 6.61. The van der Waals surface area contributed by atoms with E-state index in [0.717, 1.165) is 5.56 Å². The zero-order chi connectivity index (χ0) is 20.8. The molecule has 2 N–H and O–H groups in total. The number of carbonyl (C=O) groups is 2. The molecule has 1 aromatic carbocycles. The van der Waals surface area contributed by atoms with Gasteiger partial charge in [0.25, 0.3) is 5.91 Å². The average Bonchev–Trinajstić information content (AvgIpc) is 3.35. The highest BCUT2D eigenvalue weighted by molar-refractivity contribution is 8.01. The van der Waals surface area contributed by atoms with E-state index in [-0.39, 0.29) is 17.6 Å². The summed E-state index contributed by atoms with van der Waals surface area (Å²) in [5, 5.41) is 15.8. The maximum absolute atomic E-state index is 12.2. The first-order valence-electron chi connectivity index (χ1n) is 8.33. The maximum Gasteiger partial charge on any atom is 0.267 e. The van der Waals surface area contributed by atoms with E-state index in [2.05, 4.69) is 20.8 Å². The quantitative estimate of drug-likeness (QED) is 0.396. The van der Waals surface area contributed by atoms with E-state index in [9.17, 15) is 9.59 Å². The summed E-state index contributed by atoms with van der Waals surface area (Å²) in [4.78, 5) is 25.0. The van der Waals surface area contributed by atoms with Crippen molar-refractivity contribution in [3.63, 3.8) is 0 Å². The maximum atomic E-state index is 12.2. The van der Waals surface area contributed by atoms with Crippen LogP contribution in [0.1, 0.15) is 15.2 Å². The summed E-state index contributed by atoms with van der Waals surface area (Å²) in [6, 6.07) is 6.96. The Morgan fingerprint density at radius 3 is 2.66 bits per heavy atom. The van der Waals surface area contributed by atoms with Crippen molar-refractivity contribution in [2.45, 2.75) is 11.3 Å². The van der Waals surface area contributed by atoms with Crippen molar-refractivity contribution in [3.05, 3.63) is 40.1 Å². The number of hydrogen-bond donors (Lipinski definition) is 2. The summed E-state index contributed by atoms with van der Waals surface area (Å²) in [7, 11) is 3.08. The fourth-order valence-electron chi connectivity index (χ4n) is 2.24. The van der Waals surface area contributed by atoms with Crippen LogP contribution in [-0.2, 0) is 4.79 Å². The van der Waals surface area contributed by atoms with Crippen molar-refractivity contribution in [1.82, 2.24) is 10.2 Å². The normalized spacial score (nSPS) is 10.4. The lowest BCUT2D eigenvalue weighted by Crippen LogP contribution is -2.14. The largest absolute Gasteiger partial charge is 0.497 e. The smallest absolute Gasteiger partial charge is 0.267 e. The minimum atomic E-state index is -0.222. The molecule has 152 valence electrons. The van der Waals surface area contributed by atoms with Crippen molar-refractivity contribution in [2.75, 3.05) is 30.6 Å². The predicted molar refractivity (Wildman–Crippen MR) is 116 cm³/mol. The number of hydrogen-bond acceptors (Lipinski definition) is 9. The number of nitrogens with one attached hydrogen (secondary N) is 2. The van der Waals surface area contributed by atoms with Crippen LogP contribution in [0.4, 0.5) is 10.8 Å². The molecule has 0 aliphatic heterocycles. The zero-order valence-corrected chi connectivity index (χ0v) is 18.3. The molecule has 0 aliphatic carbocycles. The van der Waals surface area contributed by atoms with Crippen LogP contribution in [0.3, 0.4) is 0 Å². The fourth-order valence-corrected chi connectivity index (χ4v) is 4.58.